The number of carboxylic acids is 1. The van der Waals surface area contributed by atoms with E-state index in [-0.39, 0.29) is 17.9 Å². The fraction of sp³-hybridized carbons (Fsp3) is 0.467. The lowest BCUT2D eigenvalue weighted by Gasteiger charge is -2.17. The Labute approximate surface area is 122 Å². The molecule has 1 aliphatic heterocycles. The van der Waals surface area contributed by atoms with Crippen LogP contribution in [0.5, 0.6) is 11.5 Å². The molecule has 1 aromatic carbocycles. The first kappa shape index (κ1) is 15.2. The molecule has 0 saturated heterocycles. The molecule has 1 atom stereocenters. The zero-order chi connectivity index (χ0) is 15.7. The van der Waals surface area contributed by atoms with Gasteiger partial charge in [0.25, 0.3) is 0 Å². The minimum Gasteiger partial charge on any atom is -0.507 e. The van der Waals surface area contributed by atoms with E-state index in [1.165, 1.54) is 7.11 Å². The predicted molar refractivity (Wildman–Crippen MR) is 73.6 cm³/mol. The van der Waals surface area contributed by atoms with Gasteiger partial charge >= 0.3 is 11.9 Å². The molecule has 21 heavy (non-hydrogen) atoms. The van der Waals surface area contributed by atoms with Gasteiger partial charge in [0.15, 0.2) is 0 Å². The first-order chi connectivity index (χ1) is 9.88. The summed E-state index contributed by atoms with van der Waals surface area (Å²) in [6.07, 6.45) is 0.649. The molecule has 2 N–H and O–H groups in total. The van der Waals surface area contributed by atoms with Gasteiger partial charge in [-0.2, -0.15) is 0 Å². The summed E-state index contributed by atoms with van der Waals surface area (Å²) in [7, 11) is 1.48. The van der Waals surface area contributed by atoms with Gasteiger partial charge in [0.05, 0.1) is 13.0 Å². The van der Waals surface area contributed by atoms with Crippen molar-refractivity contribution in [3.05, 3.63) is 22.3 Å². The summed E-state index contributed by atoms with van der Waals surface area (Å²) in [5, 5.41) is 19.3. The van der Waals surface area contributed by atoms with Gasteiger partial charge in [-0.3, -0.25) is 4.79 Å². The fourth-order valence-corrected chi connectivity index (χ4v) is 2.55. The number of aliphatic carboxylic acids is 1. The average molecular weight is 294 g/mol. The van der Waals surface area contributed by atoms with Crippen molar-refractivity contribution in [2.24, 2.45) is 5.92 Å². The number of methoxy groups -OCH3 is 1. The molecule has 0 bridgehead atoms. The van der Waals surface area contributed by atoms with Crippen molar-refractivity contribution in [3.63, 3.8) is 0 Å². The molecule has 0 aromatic heterocycles. The highest BCUT2D eigenvalue weighted by atomic mass is 16.5. The second-order valence-corrected chi connectivity index (χ2v) is 5.19. The molecule has 0 spiro atoms. The quantitative estimate of drug-likeness (QED) is 0.807. The second-order valence-electron chi connectivity index (χ2n) is 5.19. The number of fused-ring (bicyclic) bond motifs is 1. The van der Waals surface area contributed by atoms with E-state index in [9.17, 15) is 14.7 Å². The minimum absolute atomic E-state index is 0.121. The lowest BCUT2D eigenvalue weighted by molar-refractivity contribution is -0.141. The van der Waals surface area contributed by atoms with Crippen molar-refractivity contribution in [2.75, 3.05) is 7.11 Å². The van der Waals surface area contributed by atoms with Gasteiger partial charge in [-0.05, 0) is 25.3 Å². The van der Waals surface area contributed by atoms with Gasteiger partial charge < -0.3 is 19.7 Å². The molecule has 0 aliphatic carbocycles. The lowest BCUT2D eigenvalue weighted by atomic mass is 9.92. The van der Waals surface area contributed by atoms with Gasteiger partial charge in [0.2, 0.25) is 0 Å². The second kappa shape index (κ2) is 5.63. The van der Waals surface area contributed by atoms with Crippen LogP contribution in [0.25, 0.3) is 0 Å². The summed E-state index contributed by atoms with van der Waals surface area (Å²) in [4.78, 5) is 22.6. The van der Waals surface area contributed by atoms with Crippen molar-refractivity contribution in [1.82, 2.24) is 0 Å². The van der Waals surface area contributed by atoms with E-state index in [4.69, 9.17) is 14.6 Å². The van der Waals surface area contributed by atoms with Gasteiger partial charge in [0, 0.05) is 11.1 Å². The van der Waals surface area contributed by atoms with Crippen molar-refractivity contribution < 1.29 is 29.3 Å². The van der Waals surface area contributed by atoms with Crippen LogP contribution in [0.2, 0.25) is 0 Å². The molecule has 0 radical (unpaired) electrons. The summed E-state index contributed by atoms with van der Waals surface area (Å²) >= 11 is 0. The maximum atomic E-state index is 11.7. The molecule has 0 unspecified atom stereocenters. The van der Waals surface area contributed by atoms with Gasteiger partial charge in [0.1, 0.15) is 23.7 Å². The number of benzene rings is 1. The van der Waals surface area contributed by atoms with E-state index in [2.05, 4.69) is 0 Å². The Balaban J connectivity index is 2.45. The molecule has 0 fully saturated rings. The number of phenols is 1. The third-order valence-electron chi connectivity index (χ3n) is 3.90. The number of hydrogen-bond donors (Lipinski definition) is 2. The molecule has 0 saturated carbocycles. The molecular weight excluding hydrogens is 276 g/mol. The fourth-order valence-electron chi connectivity index (χ4n) is 2.55. The maximum Gasteiger partial charge on any atom is 0.342 e. The number of hydrogen-bond acceptors (Lipinski definition) is 5. The van der Waals surface area contributed by atoms with Crippen molar-refractivity contribution in [2.45, 2.75) is 33.3 Å². The van der Waals surface area contributed by atoms with Crippen LogP contribution in [0.3, 0.4) is 0 Å². The Kier molecular flexibility index (Phi) is 4.06. The zero-order valence-electron chi connectivity index (χ0n) is 12.2. The van der Waals surface area contributed by atoms with Crippen molar-refractivity contribution in [1.29, 1.82) is 0 Å². The Bertz CT molecular complexity index is 605. The number of ether oxygens (including phenoxy) is 2. The summed E-state index contributed by atoms with van der Waals surface area (Å²) in [6, 6.07) is 0. The third-order valence-corrected chi connectivity index (χ3v) is 3.90. The number of aromatic hydroxyl groups is 1. The van der Waals surface area contributed by atoms with Crippen molar-refractivity contribution in [3.8, 4) is 11.5 Å². The van der Waals surface area contributed by atoms with Crippen LogP contribution >= 0.6 is 0 Å². The normalized spacial score (nSPS) is 14.5. The van der Waals surface area contributed by atoms with Gasteiger partial charge in [-0.25, -0.2) is 4.79 Å². The molecule has 114 valence electrons. The average Bonchev–Trinajstić information content (AvgIpc) is 2.83. The molecule has 6 nitrogen and oxygen atoms in total. The Morgan fingerprint density at radius 2 is 2.14 bits per heavy atom. The van der Waals surface area contributed by atoms with Crippen LogP contribution in [0.15, 0.2) is 0 Å². The van der Waals surface area contributed by atoms with E-state index in [1.807, 2.05) is 0 Å². The molecule has 1 aliphatic rings. The number of carbonyl (C=O) groups is 2. The number of carbonyl (C=O) groups excluding carboxylic acids is 1. The summed E-state index contributed by atoms with van der Waals surface area (Å²) in [5.41, 5.74) is 2.01. The smallest absolute Gasteiger partial charge is 0.342 e. The molecule has 2 rings (SSSR count). The van der Waals surface area contributed by atoms with Gasteiger partial charge in [-0.1, -0.05) is 6.92 Å². The standard InChI is InChI=1S/C15H18O6/c1-7(14(17)18)4-5-9-12(16)11-10(6-21-15(11)19)8(2)13(9)20-3/h7,16H,4-6H2,1-3H3,(H,17,18)/t7-/m0/s1. The van der Waals surface area contributed by atoms with Crippen LogP contribution in [0.1, 0.15) is 40.4 Å². The number of cyclic esters (lactones) is 1. The maximum absolute atomic E-state index is 11.7. The van der Waals surface area contributed by atoms with Crippen LogP contribution in [-0.4, -0.2) is 29.3 Å². The topological polar surface area (TPSA) is 93.1 Å². The molecule has 1 heterocycles. The first-order valence-electron chi connectivity index (χ1n) is 6.69. The van der Waals surface area contributed by atoms with E-state index >= 15 is 0 Å². The minimum atomic E-state index is -0.897. The molecule has 0 amide bonds. The highest BCUT2D eigenvalue weighted by molar-refractivity contribution is 5.98. The van der Waals surface area contributed by atoms with Crippen LogP contribution in [0, 0.1) is 12.8 Å². The molecular formula is C15H18O6. The lowest BCUT2D eigenvalue weighted by Crippen LogP contribution is -2.11. The Hall–Kier alpha value is -2.24. The van der Waals surface area contributed by atoms with Crippen LogP contribution in [-0.2, 0) is 22.6 Å². The van der Waals surface area contributed by atoms with E-state index < -0.39 is 17.9 Å². The Morgan fingerprint density at radius 1 is 1.48 bits per heavy atom. The van der Waals surface area contributed by atoms with Crippen molar-refractivity contribution >= 4 is 11.9 Å². The van der Waals surface area contributed by atoms with Crippen LogP contribution < -0.4 is 4.74 Å². The van der Waals surface area contributed by atoms with E-state index in [1.54, 1.807) is 13.8 Å². The SMILES string of the molecule is COc1c(C)c2c(c(O)c1CC[C@H](C)C(=O)O)C(=O)OC2. The monoisotopic (exact) mass is 294 g/mol. The van der Waals surface area contributed by atoms with E-state index in [0.717, 1.165) is 5.56 Å². The predicted octanol–water partition coefficient (Wildman–Crippen LogP) is 2.03. The summed E-state index contributed by atoms with van der Waals surface area (Å²) in [5.74, 6) is -1.67. The Morgan fingerprint density at radius 3 is 2.71 bits per heavy atom. The summed E-state index contributed by atoms with van der Waals surface area (Å²) < 4.78 is 10.3. The van der Waals surface area contributed by atoms with Gasteiger partial charge in [-0.15, -0.1) is 0 Å². The molecule has 6 heteroatoms. The number of phenolic OH excluding ortho intramolecular Hbond substituents is 1. The summed E-state index contributed by atoms with van der Waals surface area (Å²) in [6.45, 7) is 3.51. The highest BCUT2D eigenvalue weighted by Crippen LogP contribution is 2.42. The first-order valence-corrected chi connectivity index (χ1v) is 6.69. The molecule has 1 aromatic rings. The third kappa shape index (κ3) is 2.53. The largest absolute Gasteiger partial charge is 0.507 e. The zero-order valence-corrected chi connectivity index (χ0v) is 12.2. The number of carboxylic acid groups (broad SMARTS) is 1. The van der Waals surface area contributed by atoms with E-state index in [0.29, 0.717) is 29.7 Å². The number of esters is 1. The van der Waals surface area contributed by atoms with Crippen LogP contribution in [0.4, 0.5) is 0 Å². The highest BCUT2D eigenvalue weighted by Gasteiger charge is 2.32. The number of rotatable bonds is 5.